The quantitative estimate of drug-likeness (QED) is 0.560. The summed E-state index contributed by atoms with van der Waals surface area (Å²) in [5.74, 6) is 0.473. The summed E-state index contributed by atoms with van der Waals surface area (Å²) in [7, 11) is 0. The summed E-state index contributed by atoms with van der Waals surface area (Å²) in [5, 5.41) is 0. The first-order valence-corrected chi connectivity index (χ1v) is 3.37. The Balaban J connectivity index is 2.89. The van der Waals surface area contributed by atoms with Crippen LogP contribution in [0.2, 0.25) is 0 Å². The molecule has 10 heavy (non-hydrogen) atoms. The lowest BCUT2D eigenvalue weighted by molar-refractivity contribution is -0.843. The average Bonchev–Trinajstić information content (AvgIpc) is 1.88. The van der Waals surface area contributed by atoms with Crippen LogP contribution in [-0.2, 0) is 0 Å². The predicted octanol–water partition coefficient (Wildman–Crippen LogP) is 1.83. The van der Waals surface area contributed by atoms with Gasteiger partial charge in [-0.2, -0.15) is 0 Å². The van der Waals surface area contributed by atoms with Crippen molar-refractivity contribution < 1.29 is 9.27 Å². The zero-order valence-corrected chi connectivity index (χ0v) is 6.21. The van der Waals surface area contributed by atoms with Crippen LogP contribution in [0.25, 0.3) is 0 Å². The summed E-state index contributed by atoms with van der Waals surface area (Å²) in [6.45, 7) is 4.16. The zero-order chi connectivity index (χ0) is 7.56. The number of pyridine rings is 1. The van der Waals surface area contributed by atoms with Crippen molar-refractivity contribution in [2.45, 2.75) is 19.8 Å². The molecule has 0 fully saturated rings. The van der Waals surface area contributed by atoms with Crippen LogP contribution >= 0.6 is 0 Å². The van der Waals surface area contributed by atoms with E-state index in [1.165, 1.54) is 12.4 Å². The van der Waals surface area contributed by atoms with E-state index in [0.29, 0.717) is 10.7 Å². The van der Waals surface area contributed by atoms with Gasteiger partial charge in [0.15, 0.2) is 0 Å². The number of hydrogen-bond acceptors (Lipinski definition) is 0. The van der Waals surface area contributed by atoms with Crippen LogP contribution in [0.1, 0.15) is 25.3 Å². The van der Waals surface area contributed by atoms with Crippen molar-refractivity contribution in [2.24, 2.45) is 0 Å². The van der Waals surface area contributed by atoms with Gasteiger partial charge in [-0.3, -0.25) is 0 Å². The summed E-state index contributed by atoms with van der Waals surface area (Å²) in [6.07, 6.45) is 2.82. The molecule has 1 aromatic rings. The Bertz CT molecular complexity index is 203. The Hall–Kier alpha value is -0.920. The van der Waals surface area contributed by atoms with Crippen molar-refractivity contribution in [3.8, 4) is 0 Å². The van der Waals surface area contributed by atoms with E-state index in [-0.39, 0.29) is 0 Å². The molecule has 0 spiro atoms. The average molecular weight is 140 g/mol. The minimum absolute atomic E-state index is 0.473. The molecular formula is C8H11FN+. The maximum absolute atomic E-state index is 12.3. The molecule has 1 aromatic heterocycles. The van der Waals surface area contributed by atoms with E-state index in [1.807, 2.05) is 0 Å². The van der Waals surface area contributed by atoms with Gasteiger partial charge in [-0.1, -0.05) is 13.8 Å². The van der Waals surface area contributed by atoms with Crippen molar-refractivity contribution in [1.82, 2.24) is 0 Å². The Morgan fingerprint density at radius 1 is 1.30 bits per heavy atom. The first-order chi connectivity index (χ1) is 4.70. The molecule has 0 saturated heterocycles. The van der Waals surface area contributed by atoms with Crippen LogP contribution < -0.4 is 4.79 Å². The molecule has 0 aromatic carbocycles. The van der Waals surface area contributed by atoms with Crippen LogP contribution in [0.3, 0.4) is 0 Å². The minimum Gasteiger partial charge on any atom is -0.0587 e. The number of aromatic nitrogens is 1. The molecule has 1 heterocycles. The molecule has 0 atom stereocenters. The normalized spacial score (nSPS) is 10.4. The number of hydrogen-bond donors (Lipinski definition) is 0. The summed E-state index contributed by atoms with van der Waals surface area (Å²) in [4.78, 5) is 0.548. The van der Waals surface area contributed by atoms with E-state index in [4.69, 9.17) is 0 Å². The van der Waals surface area contributed by atoms with E-state index >= 15 is 0 Å². The molecule has 0 N–H and O–H groups in total. The monoisotopic (exact) mass is 140 g/mol. The SMILES string of the molecule is CC(C)c1cc[n+](F)cc1. The molecule has 0 aliphatic rings. The first-order valence-electron chi connectivity index (χ1n) is 3.37. The fourth-order valence-electron chi connectivity index (χ4n) is 0.805. The fraction of sp³-hybridized carbons (Fsp3) is 0.375. The topological polar surface area (TPSA) is 3.88 Å². The van der Waals surface area contributed by atoms with Crippen LogP contribution in [0.15, 0.2) is 24.5 Å². The third-order valence-electron chi connectivity index (χ3n) is 1.49. The molecule has 0 saturated carbocycles. The van der Waals surface area contributed by atoms with Gasteiger partial charge < -0.3 is 0 Å². The largest absolute Gasteiger partial charge is 0.218 e. The smallest absolute Gasteiger partial charge is 0.0587 e. The molecule has 1 nitrogen and oxygen atoms in total. The van der Waals surface area contributed by atoms with Gasteiger partial charge >= 0.3 is 0 Å². The van der Waals surface area contributed by atoms with Gasteiger partial charge in [0.2, 0.25) is 12.4 Å². The first kappa shape index (κ1) is 7.19. The van der Waals surface area contributed by atoms with Gasteiger partial charge in [0.25, 0.3) is 0 Å². The van der Waals surface area contributed by atoms with E-state index < -0.39 is 0 Å². The van der Waals surface area contributed by atoms with Gasteiger partial charge in [0.1, 0.15) is 0 Å². The molecule has 0 aliphatic heterocycles. The van der Waals surface area contributed by atoms with Crippen molar-refractivity contribution in [2.75, 3.05) is 0 Å². The Morgan fingerprint density at radius 3 is 2.20 bits per heavy atom. The zero-order valence-electron chi connectivity index (χ0n) is 6.21. The van der Waals surface area contributed by atoms with Crippen molar-refractivity contribution in [3.63, 3.8) is 0 Å². The summed E-state index contributed by atoms with van der Waals surface area (Å²) in [5.41, 5.74) is 1.16. The molecule has 1 rings (SSSR count). The van der Waals surface area contributed by atoms with Gasteiger partial charge in [-0.25, -0.2) is 0 Å². The van der Waals surface area contributed by atoms with Gasteiger partial charge in [0, 0.05) is 16.9 Å². The Kier molecular flexibility index (Phi) is 2.00. The van der Waals surface area contributed by atoms with Gasteiger partial charge in [-0.15, -0.1) is 0 Å². The Morgan fingerprint density at radius 2 is 1.80 bits per heavy atom. The van der Waals surface area contributed by atoms with Crippen molar-refractivity contribution >= 4 is 0 Å². The van der Waals surface area contributed by atoms with Crippen LogP contribution in [0.5, 0.6) is 0 Å². The number of halogens is 1. The molecule has 0 amide bonds. The number of nitrogens with zero attached hydrogens (tertiary/aromatic N) is 1. The lowest BCUT2D eigenvalue weighted by Gasteiger charge is -1.99. The highest BCUT2D eigenvalue weighted by molar-refractivity contribution is 5.11. The summed E-state index contributed by atoms with van der Waals surface area (Å²) >= 11 is 0. The maximum atomic E-state index is 12.3. The lowest BCUT2D eigenvalue weighted by atomic mass is 10.1. The highest BCUT2D eigenvalue weighted by Gasteiger charge is 2.01. The standard InChI is InChI=1S/C8H11FN/c1-7(2)8-3-5-10(9)6-4-8/h3-7H,1-2H3/q+1. The second-order valence-corrected chi connectivity index (χ2v) is 2.63. The van der Waals surface area contributed by atoms with E-state index in [0.717, 1.165) is 5.56 Å². The van der Waals surface area contributed by atoms with Crippen LogP contribution in [-0.4, -0.2) is 0 Å². The second kappa shape index (κ2) is 2.78. The molecule has 0 radical (unpaired) electrons. The fourth-order valence-corrected chi connectivity index (χ4v) is 0.805. The van der Waals surface area contributed by atoms with Crippen LogP contribution in [0.4, 0.5) is 4.48 Å². The second-order valence-electron chi connectivity index (χ2n) is 2.63. The Labute approximate surface area is 60.1 Å². The van der Waals surface area contributed by atoms with Gasteiger partial charge in [0.05, 0.1) is 4.48 Å². The highest BCUT2D eigenvalue weighted by atomic mass is 19.2. The summed E-state index contributed by atoms with van der Waals surface area (Å²) < 4.78 is 12.3. The van der Waals surface area contributed by atoms with Crippen molar-refractivity contribution in [1.29, 1.82) is 0 Å². The molecule has 54 valence electrons. The van der Waals surface area contributed by atoms with E-state index in [1.54, 1.807) is 12.1 Å². The highest BCUT2D eigenvalue weighted by Crippen LogP contribution is 2.10. The van der Waals surface area contributed by atoms with Crippen molar-refractivity contribution in [3.05, 3.63) is 30.1 Å². The summed E-state index contributed by atoms with van der Waals surface area (Å²) in [6, 6.07) is 3.56. The minimum atomic E-state index is 0.473. The number of rotatable bonds is 1. The molecular weight excluding hydrogens is 129 g/mol. The van der Waals surface area contributed by atoms with E-state index in [9.17, 15) is 4.48 Å². The predicted molar refractivity (Wildman–Crippen MR) is 37.2 cm³/mol. The van der Waals surface area contributed by atoms with Gasteiger partial charge in [-0.05, 0) is 11.5 Å². The third kappa shape index (κ3) is 1.53. The molecule has 2 heteroatoms. The maximum Gasteiger partial charge on any atom is 0.218 e. The van der Waals surface area contributed by atoms with Crippen LogP contribution in [0, 0.1) is 0 Å². The lowest BCUT2D eigenvalue weighted by Crippen LogP contribution is -2.19. The molecule has 0 unspecified atom stereocenters. The third-order valence-corrected chi connectivity index (χ3v) is 1.49. The molecule has 0 aliphatic carbocycles. The van der Waals surface area contributed by atoms with E-state index in [2.05, 4.69) is 13.8 Å². The molecule has 0 bridgehead atoms.